The van der Waals surface area contributed by atoms with E-state index in [0.29, 0.717) is 24.9 Å². The number of esters is 1. The highest BCUT2D eigenvalue weighted by atomic mass is 16.5. The van der Waals surface area contributed by atoms with E-state index < -0.39 is 0 Å². The van der Waals surface area contributed by atoms with Gasteiger partial charge in [0.1, 0.15) is 0 Å². The van der Waals surface area contributed by atoms with Crippen LogP contribution in [-0.2, 0) is 22.5 Å². The van der Waals surface area contributed by atoms with Crippen molar-refractivity contribution in [2.45, 2.75) is 19.4 Å². The summed E-state index contributed by atoms with van der Waals surface area (Å²) in [7, 11) is 5.35. The lowest BCUT2D eigenvalue weighted by Gasteiger charge is -2.12. The molecule has 0 aliphatic heterocycles. The summed E-state index contributed by atoms with van der Waals surface area (Å²) in [6, 6.07) is 15.2. The van der Waals surface area contributed by atoms with Crippen molar-refractivity contribution < 1.29 is 14.3 Å². The minimum atomic E-state index is -0.365. The van der Waals surface area contributed by atoms with Gasteiger partial charge in [0.15, 0.2) is 0 Å². The summed E-state index contributed by atoms with van der Waals surface area (Å²) in [5.74, 6) is -0.357. The van der Waals surface area contributed by atoms with Crippen LogP contribution in [0.1, 0.15) is 27.9 Å². The number of carbonyl (C=O) groups excluding carboxylic acids is 2. The van der Waals surface area contributed by atoms with Crippen molar-refractivity contribution in [1.82, 2.24) is 5.32 Å². The molecule has 2 rings (SSSR count). The van der Waals surface area contributed by atoms with Gasteiger partial charge in [-0.2, -0.15) is 0 Å². The quantitative estimate of drug-likeness (QED) is 0.788. The number of benzene rings is 2. The van der Waals surface area contributed by atoms with Crippen molar-refractivity contribution in [3.05, 3.63) is 65.2 Å². The smallest absolute Gasteiger partial charge is 0.337 e. The van der Waals surface area contributed by atoms with Crippen LogP contribution in [0.2, 0.25) is 0 Å². The van der Waals surface area contributed by atoms with E-state index in [2.05, 4.69) is 22.2 Å². The highest BCUT2D eigenvalue weighted by Gasteiger charge is 2.06. The van der Waals surface area contributed by atoms with Crippen molar-refractivity contribution >= 4 is 17.6 Å². The second kappa shape index (κ2) is 8.87. The molecule has 0 unspecified atom stereocenters. The maximum atomic E-state index is 12.0. The lowest BCUT2D eigenvalue weighted by molar-refractivity contribution is -0.121. The average Bonchev–Trinajstić information content (AvgIpc) is 2.64. The number of nitrogens with zero attached hydrogens (tertiary/aromatic N) is 1. The first kappa shape index (κ1) is 18.5. The van der Waals surface area contributed by atoms with Crippen LogP contribution in [0.5, 0.6) is 0 Å². The van der Waals surface area contributed by atoms with Gasteiger partial charge in [-0.1, -0.05) is 24.3 Å². The fourth-order valence-electron chi connectivity index (χ4n) is 2.38. The zero-order valence-electron chi connectivity index (χ0n) is 14.9. The molecule has 25 heavy (non-hydrogen) atoms. The number of ether oxygens (including phenoxy) is 1. The van der Waals surface area contributed by atoms with Crippen molar-refractivity contribution in [3.63, 3.8) is 0 Å². The Morgan fingerprint density at radius 2 is 1.56 bits per heavy atom. The minimum Gasteiger partial charge on any atom is -0.465 e. The summed E-state index contributed by atoms with van der Waals surface area (Å²) in [5, 5.41) is 2.90. The highest BCUT2D eigenvalue weighted by molar-refractivity contribution is 5.89. The molecule has 1 amide bonds. The zero-order valence-corrected chi connectivity index (χ0v) is 14.9. The molecule has 0 heterocycles. The van der Waals surface area contributed by atoms with Gasteiger partial charge in [-0.05, 0) is 41.8 Å². The molecule has 5 heteroatoms. The molecule has 0 saturated heterocycles. The van der Waals surface area contributed by atoms with Crippen molar-refractivity contribution in [3.8, 4) is 0 Å². The van der Waals surface area contributed by atoms with Crippen LogP contribution in [0, 0.1) is 0 Å². The summed E-state index contributed by atoms with van der Waals surface area (Å²) in [6.07, 6.45) is 1.16. The van der Waals surface area contributed by atoms with Crippen LogP contribution >= 0.6 is 0 Å². The first-order valence-corrected chi connectivity index (χ1v) is 8.20. The lowest BCUT2D eigenvalue weighted by Crippen LogP contribution is -2.23. The molecule has 0 atom stereocenters. The van der Waals surface area contributed by atoms with Gasteiger partial charge in [0.05, 0.1) is 12.7 Å². The van der Waals surface area contributed by atoms with Crippen LogP contribution in [-0.4, -0.2) is 33.1 Å². The Kier molecular flexibility index (Phi) is 6.57. The fourth-order valence-corrected chi connectivity index (χ4v) is 2.38. The van der Waals surface area contributed by atoms with Gasteiger partial charge < -0.3 is 15.0 Å². The summed E-state index contributed by atoms with van der Waals surface area (Å²) >= 11 is 0. The van der Waals surface area contributed by atoms with Crippen molar-refractivity contribution in [2.75, 3.05) is 26.1 Å². The van der Waals surface area contributed by atoms with Crippen LogP contribution in [0.4, 0.5) is 5.69 Å². The maximum absolute atomic E-state index is 12.0. The molecule has 0 bridgehead atoms. The zero-order chi connectivity index (χ0) is 18.2. The van der Waals surface area contributed by atoms with E-state index in [-0.39, 0.29) is 11.9 Å². The monoisotopic (exact) mass is 340 g/mol. The maximum Gasteiger partial charge on any atom is 0.337 e. The van der Waals surface area contributed by atoms with Crippen molar-refractivity contribution in [2.24, 2.45) is 0 Å². The van der Waals surface area contributed by atoms with E-state index in [0.717, 1.165) is 16.8 Å². The Balaban J connectivity index is 1.77. The standard InChI is InChI=1S/C20H24N2O3/c1-22(2)18-11-6-15(7-12-18)8-13-19(23)21-14-16-4-9-17(10-5-16)20(24)25-3/h4-7,9-12H,8,13-14H2,1-3H3,(H,21,23). The van der Waals surface area contributed by atoms with Gasteiger partial charge in [0.2, 0.25) is 5.91 Å². The first-order valence-electron chi connectivity index (χ1n) is 8.20. The van der Waals surface area contributed by atoms with Crippen molar-refractivity contribution in [1.29, 1.82) is 0 Å². The van der Waals surface area contributed by atoms with E-state index in [4.69, 9.17) is 0 Å². The molecule has 5 nitrogen and oxygen atoms in total. The number of aryl methyl sites for hydroxylation is 1. The van der Waals surface area contributed by atoms with E-state index in [1.165, 1.54) is 7.11 Å². The van der Waals surface area contributed by atoms with Gasteiger partial charge in [0.25, 0.3) is 0 Å². The third-order valence-electron chi connectivity index (χ3n) is 3.96. The van der Waals surface area contributed by atoms with E-state index in [9.17, 15) is 9.59 Å². The van der Waals surface area contributed by atoms with Gasteiger partial charge in [-0.3, -0.25) is 4.79 Å². The third kappa shape index (κ3) is 5.64. The average molecular weight is 340 g/mol. The molecule has 0 saturated carbocycles. The SMILES string of the molecule is COC(=O)c1ccc(CNC(=O)CCc2ccc(N(C)C)cc2)cc1. The van der Waals surface area contributed by atoms with Gasteiger partial charge >= 0.3 is 5.97 Å². The number of hydrogen-bond donors (Lipinski definition) is 1. The molecule has 0 spiro atoms. The Hall–Kier alpha value is -2.82. The molecular weight excluding hydrogens is 316 g/mol. The topological polar surface area (TPSA) is 58.6 Å². The molecule has 0 radical (unpaired) electrons. The molecule has 0 fully saturated rings. The van der Waals surface area contributed by atoms with Crippen LogP contribution in [0.3, 0.4) is 0 Å². The van der Waals surface area contributed by atoms with E-state index in [1.54, 1.807) is 12.1 Å². The van der Waals surface area contributed by atoms with Crippen LogP contribution in [0.25, 0.3) is 0 Å². The summed E-state index contributed by atoms with van der Waals surface area (Å²) < 4.78 is 4.66. The Labute approximate surface area is 148 Å². The molecule has 2 aromatic rings. The summed E-state index contributed by atoms with van der Waals surface area (Å²) in [4.78, 5) is 25.4. The molecular formula is C20H24N2O3. The number of hydrogen-bond acceptors (Lipinski definition) is 4. The van der Waals surface area contributed by atoms with Gasteiger partial charge in [-0.15, -0.1) is 0 Å². The molecule has 132 valence electrons. The van der Waals surface area contributed by atoms with Crippen LogP contribution < -0.4 is 10.2 Å². The summed E-state index contributed by atoms with van der Waals surface area (Å²) in [5.41, 5.74) is 3.72. The number of anilines is 1. The Morgan fingerprint density at radius 1 is 0.960 bits per heavy atom. The fraction of sp³-hybridized carbons (Fsp3) is 0.300. The predicted octanol–water partition coefficient (Wildman–Crippen LogP) is 2.79. The normalized spacial score (nSPS) is 10.2. The number of methoxy groups -OCH3 is 1. The predicted molar refractivity (Wildman–Crippen MR) is 98.7 cm³/mol. The van der Waals surface area contributed by atoms with Gasteiger partial charge in [-0.25, -0.2) is 4.79 Å². The highest BCUT2D eigenvalue weighted by Crippen LogP contribution is 2.13. The van der Waals surface area contributed by atoms with E-state index in [1.807, 2.05) is 43.3 Å². The molecule has 1 N–H and O–H groups in total. The molecule has 0 aliphatic carbocycles. The largest absolute Gasteiger partial charge is 0.465 e. The minimum absolute atomic E-state index is 0.00808. The number of nitrogens with one attached hydrogen (secondary N) is 1. The lowest BCUT2D eigenvalue weighted by atomic mass is 10.1. The van der Waals surface area contributed by atoms with Crippen LogP contribution in [0.15, 0.2) is 48.5 Å². The number of amides is 1. The molecule has 0 aromatic heterocycles. The number of rotatable bonds is 7. The Bertz CT molecular complexity index is 707. The van der Waals surface area contributed by atoms with E-state index >= 15 is 0 Å². The second-order valence-corrected chi connectivity index (χ2v) is 6.03. The Morgan fingerprint density at radius 3 is 2.12 bits per heavy atom. The first-order chi connectivity index (χ1) is 12.0. The number of carbonyl (C=O) groups is 2. The summed E-state index contributed by atoms with van der Waals surface area (Å²) in [6.45, 7) is 0.444. The molecule has 0 aliphatic rings. The molecule has 2 aromatic carbocycles. The van der Waals surface area contributed by atoms with Gasteiger partial charge in [0, 0.05) is 32.7 Å². The third-order valence-corrected chi connectivity index (χ3v) is 3.96. The second-order valence-electron chi connectivity index (χ2n) is 6.03.